The van der Waals surface area contributed by atoms with Crippen LogP contribution < -0.4 is 14.5 Å². The molecule has 1 saturated heterocycles. The standard InChI is InChI=1S/C21H23N3O/c1-16-14-22-15-17-6-5-8-19(21(16)17)24-12-10-23(11-13-24)18-7-3-4-9-20(18)25-2/h3-9,14-15H,10-13H2,1-2H3. The van der Waals surface area contributed by atoms with Gasteiger partial charge in [-0.2, -0.15) is 0 Å². The number of para-hydroxylation sites is 2. The van der Waals surface area contributed by atoms with Crippen molar-refractivity contribution in [1.82, 2.24) is 4.98 Å². The van der Waals surface area contributed by atoms with Crippen LogP contribution in [-0.4, -0.2) is 38.3 Å². The van der Waals surface area contributed by atoms with Crippen molar-refractivity contribution < 1.29 is 4.74 Å². The van der Waals surface area contributed by atoms with Gasteiger partial charge in [0.2, 0.25) is 0 Å². The minimum atomic E-state index is 0.947. The van der Waals surface area contributed by atoms with E-state index in [0.717, 1.165) is 31.9 Å². The van der Waals surface area contributed by atoms with E-state index >= 15 is 0 Å². The number of anilines is 2. The molecule has 25 heavy (non-hydrogen) atoms. The van der Waals surface area contributed by atoms with Gasteiger partial charge < -0.3 is 14.5 Å². The fraction of sp³-hybridized carbons (Fsp3) is 0.286. The van der Waals surface area contributed by atoms with Crippen molar-refractivity contribution in [3.05, 3.63) is 60.4 Å². The van der Waals surface area contributed by atoms with Gasteiger partial charge in [-0.05, 0) is 30.7 Å². The zero-order chi connectivity index (χ0) is 17.2. The highest BCUT2D eigenvalue weighted by Gasteiger charge is 2.21. The summed E-state index contributed by atoms with van der Waals surface area (Å²) in [4.78, 5) is 9.23. The number of fused-ring (bicyclic) bond motifs is 1. The Bertz CT molecular complexity index is 880. The first-order valence-corrected chi connectivity index (χ1v) is 8.74. The molecule has 3 aromatic rings. The molecular weight excluding hydrogens is 310 g/mol. The monoisotopic (exact) mass is 333 g/mol. The van der Waals surface area contributed by atoms with E-state index in [1.54, 1.807) is 7.11 Å². The summed E-state index contributed by atoms with van der Waals surface area (Å²) in [6.07, 6.45) is 3.91. The molecule has 1 aliphatic rings. The molecule has 0 amide bonds. The van der Waals surface area contributed by atoms with Crippen molar-refractivity contribution in [2.75, 3.05) is 43.1 Å². The molecule has 128 valence electrons. The summed E-state index contributed by atoms with van der Waals surface area (Å²) in [5.74, 6) is 0.947. The fourth-order valence-corrected chi connectivity index (χ4v) is 3.73. The molecule has 1 aliphatic heterocycles. The number of aromatic nitrogens is 1. The maximum Gasteiger partial charge on any atom is 0.142 e. The van der Waals surface area contributed by atoms with Crippen molar-refractivity contribution >= 4 is 22.1 Å². The number of benzene rings is 2. The lowest BCUT2D eigenvalue weighted by atomic mass is 10.1. The van der Waals surface area contributed by atoms with Crippen LogP contribution in [0.3, 0.4) is 0 Å². The molecule has 0 spiro atoms. The zero-order valence-electron chi connectivity index (χ0n) is 14.8. The lowest BCUT2D eigenvalue weighted by Crippen LogP contribution is -2.46. The van der Waals surface area contributed by atoms with Crippen molar-refractivity contribution in [3.8, 4) is 5.75 Å². The van der Waals surface area contributed by atoms with Crippen LogP contribution in [-0.2, 0) is 0 Å². The second kappa shape index (κ2) is 6.63. The number of hydrogen-bond acceptors (Lipinski definition) is 4. The molecule has 1 aromatic heterocycles. The first-order valence-electron chi connectivity index (χ1n) is 8.74. The van der Waals surface area contributed by atoms with Crippen LogP contribution in [0, 0.1) is 6.92 Å². The van der Waals surface area contributed by atoms with E-state index in [0.29, 0.717) is 0 Å². The maximum atomic E-state index is 5.52. The van der Waals surface area contributed by atoms with Crippen molar-refractivity contribution in [2.24, 2.45) is 0 Å². The number of rotatable bonds is 3. The van der Waals surface area contributed by atoms with Gasteiger partial charge in [0.25, 0.3) is 0 Å². The molecule has 2 aromatic carbocycles. The highest BCUT2D eigenvalue weighted by molar-refractivity contribution is 5.96. The van der Waals surface area contributed by atoms with E-state index in [-0.39, 0.29) is 0 Å². The maximum absolute atomic E-state index is 5.52. The largest absolute Gasteiger partial charge is 0.495 e. The van der Waals surface area contributed by atoms with E-state index in [9.17, 15) is 0 Å². The van der Waals surface area contributed by atoms with Crippen LogP contribution in [0.15, 0.2) is 54.9 Å². The quantitative estimate of drug-likeness (QED) is 0.727. The minimum absolute atomic E-state index is 0.947. The average Bonchev–Trinajstić information content (AvgIpc) is 2.68. The molecule has 0 radical (unpaired) electrons. The second-order valence-electron chi connectivity index (χ2n) is 6.48. The third-order valence-corrected chi connectivity index (χ3v) is 5.00. The average molecular weight is 333 g/mol. The molecule has 1 fully saturated rings. The minimum Gasteiger partial charge on any atom is -0.495 e. The van der Waals surface area contributed by atoms with Gasteiger partial charge in [0.15, 0.2) is 0 Å². The summed E-state index contributed by atoms with van der Waals surface area (Å²) in [5, 5.41) is 2.54. The molecule has 4 heteroatoms. The Morgan fingerprint density at radius 1 is 0.840 bits per heavy atom. The summed E-state index contributed by atoms with van der Waals surface area (Å²) in [6.45, 7) is 6.11. The summed E-state index contributed by atoms with van der Waals surface area (Å²) in [7, 11) is 1.74. The Morgan fingerprint density at radius 3 is 2.28 bits per heavy atom. The molecule has 2 heterocycles. The molecule has 0 N–H and O–H groups in total. The second-order valence-corrected chi connectivity index (χ2v) is 6.48. The van der Waals surface area contributed by atoms with Crippen LogP contribution in [0.4, 0.5) is 11.4 Å². The first-order chi connectivity index (χ1) is 12.3. The summed E-state index contributed by atoms with van der Waals surface area (Å²) in [5.41, 5.74) is 3.74. The molecule has 0 saturated carbocycles. The molecule has 0 bridgehead atoms. The van der Waals surface area contributed by atoms with Crippen LogP contribution in [0.25, 0.3) is 10.8 Å². The Balaban J connectivity index is 1.59. The topological polar surface area (TPSA) is 28.6 Å². The number of pyridine rings is 1. The van der Waals surface area contributed by atoms with Crippen LogP contribution in [0.1, 0.15) is 5.56 Å². The number of hydrogen-bond donors (Lipinski definition) is 0. The lowest BCUT2D eigenvalue weighted by molar-refractivity contribution is 0.413. The van der Waals surface area contributed by atoms with Crippen molar-refractivity contribution in [2.45, 2.75) is 6.92 Å². The van der Waals surface area contributed by atoms with Gasteiger partial charge in [-0.1, -0.05) is 24.3 Å². The molecule has 0 aliphatic carbocycles. The Morgan fingerprint density at radius 2 is 1.52 bits per heavy atom. The summed E-state index contributed by atoms with van der Waals surface area (Å²) < 4.78 is 5.52. The Labute approximate surface area is 148 Å². The number of piperazine rings is 1. The number of aryl methyl sites for hydroxylation is 1. The normalized spacial score (nSPS) is 14.8. The highest BCUT2D eigenvalue weighted by atomic mass is 16.5. The van der Waals surface area contributed by atoms with E-state index in [4.69, 9.17) is 4.74 Å². The van der Waals surface area contributed by atoms with E-state index < -0.39 is 0 Å². The van der Waals surface area contributed by atoms with Gasteiger partial charge in [-0.15, -0.1) is 0 Å². The molecule has 0 unspecified atom stereocenters. The number of ether oxygens (including phenoxy) is 1. The van der Waals surface area contributed by atoms with Gasteiger partial charge in [0.1, 0.15) is 5.75 Å². The molecular formula is C21H23N3O. The summed E-state index contributed by atoms with van der Waals surface area (Å²) >= 11 is 0. The van der Waals surface area contributed by atoms with Crippen molar-refractivity contribution in [1.29, 1.82) is 0 Å². The summed E-state index contributed by atoms with van der Waals surface area (Å²) in [6, 6.07) is 14.8. The third-order valence-electron chi connectivity index (χ3n) is 5.00. The van der Waals surface area contributed by atoms with E-state index in [1.807, 2.05) is 24.5 Å². The lowest BCUT2D eigenvalue weighted by Gasteiger charge is -2.38. The van der Waals surface area contributed by atoms with Gasteiger partial charge in [0, 0.05) is 55.0 Å². The zero-order valence-corrected chi connectivity index (χ0v) is 14.8. The Kier molecular flexibility index (Phi) is 4.18. The van der Waals surface area contributed by atoms with Gasteiger partial charge in [-0.25, -0.2) is 0 Å². The molecule has 4 nitrogen and oxygen atoms in total. The highest BCUT2D eigenvalue weighted by Crippen LogP contribution is 2.32. The predicted molar refractivity (Wildman–Crippen MR) is 104 cm³/mol. The fourth-order valence-electron chi connectivity index (χ4n) is 3.73. The SMILES string of the molecule is COc1ccccc1N1CCN(c2cccc3cncc(C)c23)CC1. The smallest absolute Gasteiger partial charge is 0.142 e. The molecule has 0 atom stereocenters. The van der Waals surface area contributed by atoms with Gasteiger partial charge >= 0.3 is 0 Å². The van der Waals surface area contributed by atoms with Crippen LogP contribution >= 0.6 is 0 Å². The predicted octanol–water partition coefficient (Wildman–Crippen LogP) is 3.88. The van der Waals surface area contributed by atoms with Crippen molar-refractivity contribution in [3.63, 3.8) is 0 Å². The Hall–Kier alpha value is -2.75. The van der Waals surface area contributed by atoms with E-state index in [2.05, 4.69) is 52.0 Å². The van der Waals surface area contributed by atoms with E-state index in [1.165, 1.54) is 27.7 Å². The van der Waals surface area contributed by atoms with Gasteiger partial charge in [-0.3, -0.25) is 4.98 Å². The first kappa shape index (κ1) is 15.8. The number of methoxy groups -OCH3 is 1. The van der Waals surface area contributed by atoms with Gasteiger partial charge in [0.05, 0.1) is 12.8 Å². The third kappa shape index (κ3) is 2.88. The molecule has 4 rings (SSSR count). The van der Waals surface area contributed by atoms with Crippen LogP contribution in [0.2, 0.25) is 0 Å². The number of nitrogens with zero attached hydrogens (tertiary/aromatic N) is 3. The van der Waals surface area contributed by atoms with Crippen LogP contribution in [0.5, 0.6) is 5.75 Å².